The van der Waals surface area contributed by atoms with Crippen LogP contribution in [-0.2, 0) is 0 Å². The van der Waals surface area contributed by atoms with E-state index in [0.29, 0.717) is 0 Å². The summed E-state index contributed by atoms with van der Waals surface area (Å²) in [6.07, 6.45) is -3.55. The fourth-order valence-corrected chi connectivity index (χ4v) is 1.45. The molecule has 1 unspecified atom stereocenters. The zero-order valence-corrected chi connectivity index (χ0v) is 8.91. The maximum atomic E-state index is 13.2. The molecule has 16 heavy (non-hydrogen) atoms. The van der Waals surface area contributed by atoms with Crippen LogP contribution in [0, 0.1) is 5.82 Å². The number of hydrogen-bond donors (Lipinski definition) is 1. The normalized spacial score (nSPS) is 13.4. The number of likely N-dealkylation sites (N-methyl/N-ethyl adjacent to an activating group) is 1. The predicted molar refractivity (Wildman–Crippen MR) is 54.9 cm³/mol. The second-order valence-corrected chi connectivity index (χ2v) is 3.65. The highest BCUT2D eigenvalue weighted by Gasteiger charge is 2.16. The summed E-state index contributed by atoms with van der Waals surface area (Å²) in [5, 5.41) is 9.66. The summed E-state index contributed by atoms with van der Waals surface area (Å²) in [4.78, 5) is 1.27. The van der Waals surface area contributed by atoms with E-state index in [-0.39, 0.29) is 12.1 Å². The maximum Gasteiger partial charge on any atom is 0.251 e. The van der Waals surface area contributed by atoms with Crippen LogP contribution in [0.1, 0.15) is 11.7 Å². The van der Waals surface area contributed by atoms with E-state index >= 15 is 0 Å². The molecule has 0 aliphatic heterocycles. The first-order valence-corrected chi connectivity index (χ1v) is 4.90. The van der Waals surface area contributed by atoms with Crippen molar-refractivity contribution in [2.45, 2.75) is 12.5 Å². The Hall–Kier alpha value is -1.07. The summed E-state index contributed by atoms with van der Waals surface area (Å²) in [6, 6.07) is 5.77. The van der Waals surface area contributed by atoms with E-state index < -0.39 is 24.9 Å². The molecule has 1 aromatic rings. The van der Waals surface area contributed by atoms with Gasteiger partial charge in [-0.25, -0.2) is 13.2 Å². The predicted octanol–water partition coefficient (Wildman–Crippen LogP) is 2.06. The summed E-state index contributed by atoms with van der Waals surface area (Å²) in [6.45, 7) is -0.462. The fourth-order valence-electron chi connectivity index (χ4n) is 1.45. The first kappa shape index (κ1) is 13.0. The summed E-state index contributed by atoms with van der Waals surface area (Å²) < 4.78 is 37.3. The molecule has 0 aliphatic carbocycles. The molecule has 0 aromatic heterocycles. The average molecular weight is 233 g/mol. The van der Waals surface area contributed by atoms with Crippen molar-refractivity contribution in [1.29, 1.82) is 0 Å². The number of alkyl halides is 2. The van der Waals surface area contributed by atoms with Crippen LogP contribution in [-0.4, -0.2) is 36.6 Å². The van der Waals surface area contributed by atoms with Gasteiger partial charge < -0.3 is 5.11 Å². The first-order chi connectivity index (χ1) is 7.50. The van der Waals surface area contributed by atoms with Crippen molar-refractivity contribution in [3.05, 3.63) is 35.6 Å². The highest BCUT2D eigenvalue weighted by molar-refractivity contribution is 5.19. The van der Waals surface area contributed by atoms with E-state index in [2.05, 4.69) is 0 Å². The van der Waals surface area contributed by atoms with Gasteiger partial charge in [0, 0.05) is 12.1 Å². The van der Waals surface area contributed by atoms with Crippen LogP contribution in [0.15, 0.2) is 24.3 Å². The van der Waals surface area contributed by atoms with Crippen molar-refractivity contribution >= 4 is 0 Å². The number of hydrogen-bond acceptors (Lipinski definition) is 2. The van der Waals surface area contributed by atoms with Gasteiger partial charge in [0.05, 0.1) is 12.6 Å². The highest BCUT2D eigenvalue weighted by atomic mass is 19.3. The summed E-state index contributed by atoms with van der Waals surface area (Å²) >= 11 is 0. The Bertz CT molecular complexity index is 333. The molecular formula is C11H14F3NO. The van der Waals surface area contributed by atoms with Gasteiger partial charge in [-0.2, -0.15) is 0 Å². The first-order valence-electron chi connectivity index (χ1n) is 4.90. The quantitative estimate of drug-likeness (QED) is 0.841. The lowest BCUT2D eigenvalue weighted by atomic mass is 10.1. The van der Waals surface area contributed by atoms with Crippen molar-refractivity contribution in [2.75, 3.05) is 20.1 Å². The second-order valence-electron chi connectivity index (χ2n) is 3.65. The zero-order chi connectivity index (χ0) is 12.1. The molecule has 0 bridgehead atoms. The Morgan fingerprint density at radius 1 is 1.25 bits per heavy atom. The SMILES string of the molecule is CN(CC(F)F)CC(O)c1ccccc1F. The van der Waals surface area contributed by atoms with Gasteiger partial charge in [0.1, 0.15) is 5.82 Å². The highest BCUT2D eigenvalue weighted by Crippen LogP contribution is 2.17. The number of halogens is 3. The van der Waals surface area contributed by atoms with Gasteiger partial charge >= 0.3 is 0 Å². The fraction of sp³-hybridized carbons (Fsp3) is 0.455. The van der Waals surface area contributed by atoms with Gasteiger partial charge in [0.25, 0.3) is 6.43 Å². The molecule has 0 heterocycles. The molecule has 0 saturated heterocycles. The smallest absolute Gasteiger partial charge is 0.251 e. The van der Waals surface area contributed by atoms with Crippen molar-refractivity contribution < 1.29 is 18.3 Å². The minimum absolute atomic E-state index is 0.0225. The Labute approximate surface area is 92.3 Å². The summed E-state index contributed by atoms with van der Waals surface area (Å²) in [5.41, 5.74) is 0.128. The van der Waals surface area contributed by atoms with E-state index in [0.717, 1.165) is 0 Å². The molecule has 0 aliphatic rings. The van der Waals surface area contributed by atoms with Gasteiger partial charge in [-0.15, -0.1) is 0 Å². The molecule has 90 valence electrons. The van der Waals surface area contributed by atoms with Crippen LogP contribution in [0.4, 0.5) is 13.2 Å². The van der Waals surface area contributed by atoms with Crippen molar-refractivity contribution in [1.82, 2.24) is 4.90 Å². The Kier molecular flexibility index (Phi) is 4.76. The minimum Gasteiger partial charge on any atom is -0.387 e. The topological polar surface area (TPSA) is 23.5 Å². The third-order valence-corrected chi connectivity index (χ3v) is 2.20. The molecule has 1 aromatic carbocycles. The Morgan fingerprint density at radius 2 is 1.88 bits per heavy atom. The standard InChI is InChI=1S/C11H14F3NO/c1-15(7-11(13)14)6-10(16)8-4-2-3-5-9(8)12/h2-5,10-11,16H,6-7H2,1H3. The second kappa shape index (κ2) is 5.86. The summed E-state index contributed by atoms with van der Waals surface area (Å²) in [7, 11) is 1.45. The van der Waals surface area contributed by atoms with Gasteiger partial charge in [0.15, 0.2) is 0 Å². The third-order valence-electron chi connectivity index (χ3n) is 2.20. The number of benzene rings is 1. The molecular weight excluding hydrogens is 219 g/mol. The molecule has 0 radical (unpaired) electrons. The molecule has 1 N–H and O–H groups in total. The molecule has 5 heteroatoms. The largest absolute Gasteiger partial charge is 0.387 e. The van der Waals surface area contributed by atoms with Crippen LogP contribution in [0.3, 0.4) is 0 Å². The van der Waals surface area contributed by atoms with Crippen molar-refractivity contribution in [2.24, 2.45) is 0 Å². The van der Waals surface area contributed by atoms with E-state index in [9.17, 15) is 18.3 Å². The number of aliphatic hydroxyl groups is 1. The van der Waals surface area contributed by atoms with Gasteiger partial charge in [-0.05, 0) is 13.1 Å². The van der Waals surface area contributed by atoms with E-state index in [1.807, 2.05) is 0 Å². The van der Waals surface area contributed by atoms with Crippen LogP contribution >= 0.6 is 0 Å². The van der Waals surface area contributed by atoms with Gasteiger partial charge in [0.2, 0.25) is 0 Å². The molecule has 0 fully saturated rings. The monoisotopic (exact) mass is 233 g/mol. The Balaban J connectivity index is 2.58. The number of rotatable bonds is 5. The van der Waals surface area contributed by atoms with E-state index in [1.165, 1.54) is 30.1 Å². The minimum atomic E-state index is -2.46. The lowest BCUT2D eigenvalue weighted by Crippen LogP contribution is -2.29. The van der Waals surface area contributed by atoms with Crippen LogP contribution < -0.4 is 0 Å². The third kappa shape index (κ3) is 3.83. The van der Waals surface area contributed by atoms with Crippen LogP contribution in [0.5, 0.6) is 0 Å². The lowest BCUT2D eigenvalue weighted by molar-refractivity contribution is 0.0669. The van der Waals surface area contributed by atoms with Gasteiger partial charge in [-0.1, -0.05) is 18.2 Å². The molecule has 2 nitrogen and oxygen atoms in total. The number of aliphatic hydroxyl groups excluding tert-OH is 1. The van der Waals surface area contributed by atoms with Crippen molar-refractivity contribution in [3.63, 3.8) is 0 Å². The zero-order valence-electron chi connectivity index (χ0n) is 8.91. The van der Waals surface area contributed by atoms with E-state index in [1.54, 1.807) is 6.07 Å². The van der Waals surface area contributed by atoms with Crippen molar-refractivity contribution in [3.8, 4) is 0 Å². The lowest BCUT2D eigenvalue weighted by Gasteiger charge is -2.20. The van der Waals surface area contributed by atoms with Crippen LogP contribution in [0.25, 0.3) is 0 Å². The molecule has 0 amide bonds. The summed E-state index contributed by atoms with van der Waals surface area (Å²) in [5.74, 6) is -0.527. The number of nitrogens with zero attached hydrogens (tertiary/aromatic N) is 1. The average Bonchev–Trinajstić information content (AvgIpc) is 2.16. The molecule has 0 spiro atoms. The molecule has 0 saturated carbocycles. The van der Waals surface area contributed by atoms with Crippen LogP contribution in [0.2, 0.25) is 0 Å². The van der Waals surface area contributed by atoms with Gasteiger partial charge in [-0.3, -0.25) is 4.90 Å². The Morgan fingerprint density at radius 3 is 2.44 bits per heavy atom. The molecule has 1 rings (SSSR count). The maximum absolute atomic E-state index is 13.2. The molecule has 1 atom stereocenters. The van der Waals surface area contributed by atoms with E-state index in [4.69, 9.17) is 0 Å².